The second kappa shape index (κ2) is 4.91. The van der Waals surface area contributed by atoms with E-state index in [1.807, 2.05) is 17.6 Å². The van der Waals surface area contributed by atoms with Gasteiger partial charge in [-0.1, -0.05) is 13.0 Å². The second-order valence-electron chi connectivity index (χ2n) is 3.85. The topological polar surface area (TPSA) is 47.2 Å². The molecule has 0 atom stereocenters. The SMILES string of the molecule is C=CCn1c(C(=O)NCCC)cc2occc21. The van der Waals surface area contributed by atoms with E-state index >= 15 is 0 Å². The summed E-state index contributed by atoms with van der Waals surface area (Å²) in [6.45, 7) is 7.00. The minimum absolute atomic E-state index is 0.0694. The molecule has 0 spiro atoms. The van der Waals surface area contributed by atoms with Gasteiger partial charge >= 0.3 is 0 Å². The lowest BCUT2D eigenvalue weighted by molar-refractivity contribution is 0.0945. The van der Waals surface area contributed by atoms with Gasteiger partial charge in [-0.25, -0.2) is 0 Å². The molecule has 0 unspecified atom stereocenters. The molecule has 0 saturated heterocycles. The zero-order valence-corrected chi connectivity index (χ0v) is 9.90. The number of amides is 1. The largest absolute Gasteiger partial charge is 0.463 e. The van der Waals surface area contributed by atoms with Crippen LogP contribution >= 0.6 is 0 Å². The quantitative estimate of drug-likeness (QED) is 0.805. The first-order valence-corrected chi connectivity index (χ1v) is 5.73. The molecule has 0 radical (unpaired) electrons. The van der Waals surface area contributed by atoms with Crippen molar-refractivity contribution >= 4 is 17.0 Å². The van der Waals surface area contributed by atoms with E-state index < -0.39 is 0 Å². The summed E-state index contributed by atoms with van der Waals surface area (Å²) in [5.41, 5.74) is 2.27. The molecule has 2 rings (SSSR count). The van der Waals surface area contributed by atoms with Gasteiger partial charge in [0.2, 0.25) is 0 Å². The van der Waals surface area contributed by atoms with Gasteiger partial charge in [0.05, 0.1) is 11.8 Å². The number of nitrogens with one attached hydrogen (secondary N) is 1. The molecule has 17 heavy (non-hydrogen) atoms. The van der Waals surface area contributed by atoms with E-state index in [0.29, 0.717) is 18.8 Å². The average molecular weight is 232 g/mol. The van der Waals surface area contributed by atoms with Gasteiger partial charge in [0.15, 0.2) is 5.58 Å². The first-order valence-electron chi connectivity index (χ1n) is 5.73. The highest BCUT2D eigenvalue weighted by atomic mass is 16.3. The second-order valence-corrected chi connectivity index (χ2v) is 3.85. The third kappa shape index (κ3) is 2.11. The van der Waals surface area contributed by atoms with Crippen LogP contribution in [0.1, 0.15) is 23.8 Å². The van der Waals surface area contributed by atoms with E-state index in [-0.39, 0.29) is 5.91 Å². The van der Waals surface area contributed by atoms with Crippen LogP contribution in [0.25, 0.3) is 11.1 Å². The molecule has 4 nitrogen and oxygen atoms in total. The van der Waals surface area contributed by atoms with Crippen molar-refractivity contribution in [3.05, 3.63) is 36.7 Å². The normalized spacial score (nSPS) is 10.6. The number of carbonyl (C=O) groups excluding carboxylic acids is 1. The predicted octanol–water partition coefficient (Wildman–Crippen LogP) is 2.56. The maximum absolute atomic E-state index is 12.0. The van der Waals surface area contributed by atoms with E-state index in [4.69, 9.17) is 4.42 Å². The van der Waals surface area contributed by atoms with Gasteiger partial charge in [0.1, 0.15) is 5.69 Å². The van der Waals surface area contributed by atoms with E-state index in [1.165, 1.54) is 0 Å². The van der Waals surface area contributed by atoms with E-state index in [9.17, 15) is 4.79 Å². The van der Waals surface area contributed by atoms with Crippen LogP contribution < -0.4 is 5.32 Å². The molecule has 0 fully saturated rings. The Bertz CT molecular complexity index is 537. The summed E-state index contributed by atoms with van der Waals surface area (Å²) in [7, 11) is 0. The van der Waals surface area contributed by atoms with Crippen LogP contribution in [0.3, 0.4) is 0 Å². The smallest absolute Gasteiger partial charge is 0.268 e. The van der Waals surface area contributed by atoms with Crippen LogP contribution in [0, 0.1) is 0 Å². The summed E-state index contributed by atoms with van der Waals surface area (Å²) in [5, 5.41) is 2.86. The number of furan rings is 1. The van der Waals surface area contributed by atoms with E-state index in [0.717, 1.165) is 17.5 Å². The molecule has 2 aromatic heterocycles. The monoisotopic (exact) mass is 232 g/mol. The van der Waals surface area contributed by atoms with Crippen molar-refractivity contribution in [3.8, 4) is 0 Å². The van der Waals surface area contributed by atoms with E-state index in [2.05, 4.69) is 11.9 Å². The Kier molecular flexibility index (Phi) is 3.32. The third-order valence-electron chi connectivity index (χ3n) is 2.60. The minimum atomic E-state index is -0.0694. The molecule has 0 aliphatic carbocycles. The maximum Gasteiger partial charge on any atom is 0.268 e. The number of hydrogen-bond donors (Lipinski definition) is 1. The number of allylic oxidation sites excluding steroid dienone is 1. The van der Waals surface area contributed by atoms with Gasteiger partial charge in [0.25, 0.3) is 5.91 Å². The summed E-state index contributed by atoms with van der Waals surface area (Å²) in [4.78, 5) is 12.0. The summed E-state index contributed by atoms with van der Waals surface area (Å²) in [5.74, 6) is -0.0694. The molecule has 90 valence electrons. The first-order chi connectivity index (χ1) is 8.27. The lowest BCUT2D eigenvalue weighted by atomic mass is 10.3. The lowest BCUT2D eigenvalue weighted by Crippen LogP contribution is -2.26. The first kappa shape index (κ1) is 11.5. The van der Waals surface area contributed by atoms with Crippen LogP contribution in [0.4, 0.5) is 0 Å². The van der Waals surface area contributed by atoms with E-state index in [1.54, 1.807) is 18.4 Å². The Morgan fingerprint density at radius 1 is 1.65 bits per heavy atom. The molecule has 0 saturated carbocycles. The summed E-state index contributed by atoms with van der Waals surface area (Å²) in [6, 6.07) is 3.62. The van der Waals surface area contributed by atoms with Crippen molar-refractivity contribution in [2.24, 2.45) is 0 Å². The van der Waals surface area contributed by atoms with Gasteiger partial charge in [0, 0.05) is 25.2 Å². The fourth-order valence-electron chi connectivity index (χ4n) is 1.82. The Morgan fingerprint density at radius 3 is 3.18 bits per heavy atom. The van der Waals surface area contributed by atoms with Gasteiger partial charge in [-0.2, -0.15) is 0 Å². The predicted molar refractivity (Wildman–Crippen MR) is 67.0 cm³/mol. The minimum Gasteiger partial charge on any atom is -0.463 e. The van der Waals surface area contributed by atoms with Crippen LogP contribution in [-0.4, -0.2) is 17.0 Å². The van der Waals surface area contributed by atoms with Crippen LogP contribution in [0.15, 0.2) is 35.5 Å². The Morgan fingerprint density at radius 2 is 2.47 bits per heavy atom. The van der Waals surface area contributed by atoms with Crippen molar-refractivity contribution in [2.45, 2.75) is 19.9 Å². The summed E-state index contributed by atoms with van der Waals surface area (Å²) >= 11 is 0. The fraction of sp³-hybridized carbons (Fsp3) is 0.308. The molecule has 2 heterocycles. The Labute approximate surface area is 99.9 Å². The molecule has 0 bridgehead atoms. The average Bonchev–Trinajstić information content (AvgIpc) is 2.89. The summed E-state index contributed by atoms with van der Waals surface area (Å²) < 4.78 is 7.20. The highest BCUT2D eigenvalue weighted by Crippen LogP contribution is 2.21. The molecular formula is C13H16N2O2. The highest BCUT2D eigenvalue weighted by molar-refractivity contribution is 5.97. The highest BCUT2D eigenvalue weighted by Gasteiger charge is 2.15. The van der Waals surface area contributed by atoms with Gasteiger partial charge in [-0.3, -0.25) is 4.79 Å². The molecule has 1 amide bonds. The third-order valence-corrected chi connectivity index (χ3v) is 2.60. The van der Waals surface area contributed by atoms with Crippen LogP contribution in [-0.2, 0) is 6.54 Å². The standard InChI is InChI=1S/C13H16N2O2/c1-3-6-14-13(16)11-9-12-10(5-8-17-12)15(11)7-4-2/h4-5,8-9H,2-3,6-7H2,1H3,(H,14,16). The number of rotatable bonds is 5. The zero-order chi connectivity index (χ0) is 12.3. The Balaban J connectivity index is 2.37. The van der Waals surface area contributed by atoms with Crippen LogP contribution in [0.5, 0.6) is 0 Å². The van der Waals surface area contributed by atoms with Gasteiger partial charge in [-0.05, 0) is 6.42 Å². The fourth-order valence-corrected chi connectivity index (χ4v) is 1.82. The zero-order valence-electron chi connectivity index (χ0n) is 9.90. The van der Waals surface area contributed by atoms with Crippen molar-refractivity contribution in [1.82, 2.24) is 9.88 Å². The number of fused-ring (bicyclic) bond motifs is 1. The molecule has 2 aromatic rings. The van der Waals surface area contributed by atoms with Crippen molar-refractivity contribution in [2.75, 3.05) is 6.54 Å². The number of hydrogen-bond acceptors (Lipinski definition) is 2. The van der Waals surface area contributed by atoms with Gasteiger partial charge in [-0.15, -0.1) is 6.58 Å². The molecule has 4 heteroatoms. The number of carbonyl (C=O) groups is 1. The number of aromatic nitrogens is 1. The molecule has 0 aliphatic rings. The lowest BCUT2D eigenvalue weighted by Gasteiger charge is -2.07. The van der Waals surface area contributed by atoms with Gasteiger partial charge < -0.3 is 14.3 Å². The maximum atomic E-state index is 12.0. The van der Waals surface area contributed by atoms with Crippen molar-refractivity contribution in [3.63, 3.8) is 0 Å². The van der Waals surface area contributed by atoms with Crippen LogP contribution in [0.2, 0.25) is 0 Å². The molecule has 0 aliphatic heterocycles. The van der Waals surface area contributed by atoms with Crippen molar-refractivity contribution in [1.29, 1.82) is 0 Å². The Hall–Kier alpha value is -1.97. The molecular weight excluding hydrogens is 216 g/mol. The van der Waals surface area contributed by atoms with Crippen molar-refractivity contribution < 1.29 is 9.21 Å². The summed E-state index contributed by atoms with van der Waals surface area (Å²) in [6.07, 6.45) is 4.31. The molecule has 0 aromatic carbocycles. The molecule has 1 N–H and O–H groups in total. The number of nitrogens with zero attached hydrogens (tertiary/aromatic N) is 1.